The van der Waals surface area contributed by atoms with Gasteiger partial charge in [-0.1, -0.05) is 0 Å². The number of pyridine rings is 1. The van der Waals surface area contributed by atoms with Crippen molar-refractivity contribution in [1.82, 2.24) is 19.9 Å². The molecule has 0 aromatic carbocycles. The predicted octanol–water partition coefficient (Wildman–Crippen LogP) is 3.43. The Kier molecular flexibility index (Phi) is 7.86. The smallest absolute Gasteiger partial charge is 0.248 e. The Morgan fingerprint density at radius 3 is 3.00 bits per heavy atom. The predicted molar refractivity (Wildman–Crippen MR) is 116 cm³/mol. The van der Waals surface area contributed by atoms with Crippen LogP contribution in [0.15, 0.2) is 35.6 Å². The van der Waals surface area contributed by atoms with Crippen LogP contribution in [0.2, 0.25) is 0 Å². The molecule has 0 saturated heterocycles. The first-order valence-corrected chi connectivity index (χ1v) is 10.8. The first-order valence-electron chi connectivity index (χ1n) is 9.93. The van der Waals surface area contributed by atoms with Crippen LogP contribution in [0, 0.1) is 5.92 Å². The van der Waals surface area contributed by atoms with Crippen LogP contribution >= 0.6 is 11.9 Å². The Morgan fingerprint density at radius 2 is 2.27 bits per heavy atom. The molecular formula is C19H27F2N7OS. The zero-order chi connectivity index (χ0) is 21.4. The van der Waals surface area contributed by atoms with Crippen LogP contribution in [0.4, 0.5) is 14.7 Å². The molecule has 2 aromatic heterocycles. The molecule has 1 fully saturated rings. The Hall–Kier alpha value is -2.40. The van der Waals surface area contributed by atoms with E-state index >= 15 is 0 Å². The molecule has 2 aromatic rings. The van der Waals surface area contributed by atoms with E-state index in [1.54, 1.807) is 16.9 Å². The number of anilines is 1. The Morgan fingerprint density at radius 1 is 1.47 bits per heavy atom. The zero-order valence-electron chi connectivity index (χ0n) is 16.9. The van der Waals surface area contributed by atoms with Crippen LogP contribution in [-0.4, -0.2) is 45.4 Å². The van der Waals surface area contributed by atoms with E-state index in [-0.39, 0.29) is 18.8 Å². The van der Waals surface area contributed by atoms with Crippen molar-refractivity contribution >= 4 is 28.7 Å². The van der Waals surface area contributed by atoms with E-state index in [9.17, 15) is 8.78 Å². The number of amidine groups is 1. The van der Waals surface area contributed by atoms with E-state index in [1.807, 2.05) is 25.1 Å². The number of hydrogen-bond donors (Lipinski definition) is 3. The van der Waals surface area contributed by atoms with Crippen molar-refractivity contribution in [3.05, 3.63) is 30.6 Å². The fourth-order valence-corrected chi connectivity index (χ4v) is 3.48. The van der Waals surface area contributed by atoms with Gasteiger partial charge in [-0.15, -0.1) is 5.10 Å². The summed E-state index contributed by atoms with van der Waals surface area (Å²) in [6.07, 6.45) is 6.21. The highest BCUT2D eigenvalue weighted by Crippen LogP contribution is 2.36. The van der Waals surface area contributed by atoms with Gasteiger partial charge in [0.2, 0.25) is 11.9 Å². The molecule has 0 aliphatic heterocycles. The number of ether oxygens (including phenoxy) is 1. The lowest BCUT2D eigenvalue weighted by Crippen LogP contribution is -2.27. The van der Waals surface area contributed by atoms with Crippen molar-refractivity contribution < 1.29 is 13.5 Å². The van der Waals surface area contributed by atoms with Gasteiger partial charge in [-0.25, -0.2) is 13.3 Å². The molecule has 30 heavy (non-hydrogen) atoms. The van der Waals surface area contributed by atoms with Gasteiger partial charge in [0.15, 0.2) is 16.6 Å². The molecule has 1 aliphatic carbocycles. The molecule has 8 nitrogen and oxygen atoms in total. The molecule has 0 amide bonds. The molecule has 0 spiro atoms. The van der Waals surface area contributed by atoms with Crippen LogP contribution in [0.25, 0.3) is 5.65 Å². The van der Waals surface area contributed by atoms with E-state index in [2.05, 4.69) is 25.7 Å². The summed E-state index contributed by atoms with van der Waals surface area (Å²) < 4.78 is 34.1. The minimum atomic E-state index is -2.53. The van der Waals surface area contributed by atoms with Gasteiger partial charge >= 0.3 is 0 Å². The molecule has 0 unspecified atom stereocenters. The van der Waals surface area contributed by atoms with Crippen LogP contribution in [0.1, 0.15) is 32.6 Å². The number of aliphatic imine (C=N–C) groups is 1. The van der Waals surface area contributed by atoms with Gasteiger partial charge in [-0.2, -0.15) is 4.98 Å². The quantitative estimate of drug-likeness (QED) is 0.329. The third-order valence-electron chi connectivity index (χ3n) is 4.75. The third kappa shape index (κ3) is 6.30. The van der Waals surface area contributed by atoms with Crippen LogP contribution in [-0.2, 0) is 0 Å². The highest BCUT2D eigenvalue weighted by Gasteiger charge is 2.35. The largest absolute Gasteiger partial charge is 0.489 e. The number of nitrogens with zero attached hydrogens (tertiary/aromatic N) is 4. The van der Waals surface area contributed by atoms with E-state index in [4.69, 9.17) is 9.88 Å². The lowest BCUT2D eigenvalue weighted by molar-refractivity contribution is -0.0498. The van der Waals surface area contributed by atoms with E-state index < -0.39 is 5.92 Å². The Labute approximate surface area is 178 Å². The van der Waals surface area contributed by atoms with Crippen LogP contribution in [0.3, 0.4) is 0 Å². The molecule has 0 atom stereocenters. The van der Waals surface area contributed by atoms with Crippen LogP contribution < -0.4 is 20.5 Å². The van der Waals surface area contributed by atoms with Gasteiger partial charge in [0, 0.05) is 38.3 Å². The van der Waals surface area contributed by atoms with Crippen molar-refractivity contribution in [3.8, 4) is 5.75 Å². The molecule has 0 radical (unpaired) electrons. The second-order valence-corrected chi connectivity index (χ2v) is 7.63. The van der Waals surface area contributed by atoms with Crippen molar-refractivity contribution in [2.24, 2.45) is 16.0 Å². The highest BCUT2D eigenvalue weighted by atomic mass is 32.2. The molecule has 4 N–H and O–H groups in total. The molecular weight excluding hydrogens is 412 g/mol. The highest BCUT2D eigenvalue weighted by molar-refractivity contribution is 8.11. The summed E-state index contributed by atoms with van der Waals surface area (Å²) in [5.41, 5.74) is 0.583. The standard InChI is InChI=1S/C19H27F2N7OS/c1-2-23-18(30-22)25-11-4-10-24-17-26-16-15(5-3-12-28(16)27-17)29-13-14-6-8-19(20,21)9-7-14/h3-5,11-12,14H,2,6-10,13,22H2,1H3,(H,23,25)(H,24,27)/b11-4+. The van der Waals surface area contributed by atoms with Gasteiger partial charge in [-0.3, -0.25) is 10.1 Å². The van der Waals surface area contributed by atoms with Crippen molar-refractivity contribution in [2.45, 2.75) is 38.5 Å². The number of nitrogens with one attached hydrogen (secondary N) is 2. The average molecular weight is 440 g/mol. The van der Waals surface area contributed by atoms with E-state index in [0.717, 1.165) is 11.9 Å². The second-order valence-electron chi connectivity index (χ2n) is 7.01. The molecule has 1 saturated carbocycles. The third-order valence-corrected chi connectivity index (χ3v) is 5.22. The number of rotatable bonds is 8. The number of alkyl halides is 2. The molecule has 0 bridgehead atoms. The van der Waals surface area contributed by atoms with Crippen molar-refractivity contribution in [3.63, 3.8) is 0 Å². The fourth-order valence-electron chi connectivity index (χ4n) is 3.14. The molecule has 11 heteroatoms. The maximum Gasteiger partial charge on any atom is 0.248 e. The fraction of sp³-hybridized carbons (Fsp3) is 0.526. The minimum Gasteiger partial charge on any atom is -0.489 e. The molecule has 3 rings (SSSR count). The summed E-state index contributed by atoms with van der Waals surface area (Å²) in [4.78, 5) is 8.66. The monoisotopic (exact) mass is 439 g/mol. The summed E-state index contributed by atoms with van der Waals surface area (Å²) in [5.74, 6) is -1.34. The Bertz CT molecular complexity index is 877. The number of fused-ring (bicyclic) bond motifs is 1. The second kappa shape index (κ2) is 10.6. The van der Waals surface area contributed by atoms with Gasteiger partial charge < -0.3 is 15.4 Å². The number of halogens is 2. The Balaban J connectivity index is 1.53. The lowest BCUT2D eigenvalue weighted by Gasteiger charge is -2.28. The summed E-state index contributed by atoms with van der Waals surface area (Å²) in [6, 6.07) is 3.63. The lowest BCUT2D eigenvalue weighted by atomic mass is 9.87. The number of hydrogen-bond acceptors (Lipinski definition) is 7. The van der Waals surface area contributed by atoms with Crippen LogP contribution in [0.5, 0.6) is 5.75 Å². The SMILES string of the molecule is CCN=C(N/C=C/CNc1nc2c(OCC3CCC(F)(F)CC3)cccn2n1)SN. The summed E-state index contributed by atoms with van der Waals surface area (Å²) >= 11 is 1.06. The van der Waals surface area contributed by atoms with Gasteiger partial charge in [-0.05, 0) is 55.8 Å². The maximum absolute atomic E-state index is 13.3. The zero-order valence-corrected chi connectivity index (χ0v) is 17.7. The summed E-state index contributed by atoms with van der Waals surface area (Å²) in [6.45, 7) is 3.50. The molecule has 164 valence electrons. The first-order chi connectivity index (χ1) is 14.5. The van der Waals surface area contributed by atoms with E-state index in [0.29, 0.717) is 55.1 Å². The summed E-state index contributed by atoms with van der Waals surface area (Å²) in [7, 11) is 0. The average Bonchev–Trinajstić information content (AvgIpc) is 3.15. The minimum absolute atomic E-state index is 0.0671. The molecule has 1 aliphatic rings. The number of aromatic nitrogens is 3. The van der Waals surface area contributed by atoms with E-state index in [1.165, 1.54) is 0 Å². The summed E-state index contributed by atoms with van der Waals surface area (Å²) in [5, 5.41) is 16.6. The van der Waals surface area contributed by atoms with Gasteiger partial charge in [0.05, 0.1) is 6.61 Å². The molecule has 2 heterocycles. The van der Waals surface area contributed by atoms with Crippen molar-refractivity contribution in [2.75, 3.05) is 25.0 Å². The maximum atomic E-state index is 13.3. The normalized spacial score (nSPS) is 17.5. The topological polar surface area (TPSA) is 102 Å². The van der Waals surface area contributed by atoms with Gasteiger partial charge in [0.1, 0.15) is 0 Å². The first kappa shape index (κ1) is 22.3. The van der Waals surface area contributed by atoms with Gasteiger partial charge in [0.25, 0.3) is 0 Å². The number of nitrogens with two attached hydrogens (primary N) is 1. The van der Waals surface area contributed by atoms with Crippen molar-refractivity contribution in [1.29, 1.82) is 0 Å².